The molecule has 17 heavy (non-hydrogen) atoms. The molecule has 1 saturated carbocycles. The van der Waals surface area contributed by atoms with Crippen molar-refractivity contribution in [1.82, 2.24) is 5.32 Å². The summed E-state index contributed by atoms with van der Waals surface area (Å²) in [6.07, 6.45) is 3.85. The predicted octanol–water partition coefficient (Wildman–Crippen LogP) is 1.51. The summed E-state index contributed by atoms with van der Waals surface area (Å²) in [6, 6.07) is 0. The van der Waals surface area contributed by atoms with Crippen molar-refractivity contribution in [3.05, 3.63) is 0 Å². The minimum absolute atomic E-state index is 0.680. The van der Waals surface area contributed by atoms with Crippen molar-refractivity contribution in [2.24, 2.45) is 10.9 Å². The topological polar surface area (TPSA) is 42.9 Å². The minimum atomic E-state index is 0.680. The van der Waals surface area contributed by atoms with E-state index in [1.165, 1.54) is 12.8 Å². The number of aliphatic imine (C=N–C) groups is 1. The number of thioether (sulfide) groups is 1. The third-order valence-corrected chi connectivity index (χ3v) is 4.33. The van der Waals surface area contributed by atoms with Crippen molar-refractivity contribution in [3.63, 3.8) is 0 Å². The maximum absolute atomic E-state index is 5.40. The second-order valence-corrected chi connectivity index (χ2v) is 5.75. The van der Waals surface area contributed by atoms with Gasteiger partial charge in [0, 0.05) is 25.5 Å². The maximum Gasteiger partial charge on any atom is 0.156 e. The second-order valence-electron chi connectivity index (χ2n) is 4.53. The highest BCUT2D eigenvalue weighted by molar-refractivity contribution is 8.14. The van der Waals surface area contributed by atoms with E-state index in [0.717, 1.165) is 42.5 Å². The van der Waals surface area contributed by atoms with Gasteiger partial charge in [0.05, 0.1) is 19.8 Å². The zero-order chi connectivity index (χ0) is 11.9. The molecule has 0 amide bonds. The maximum atomic E-state index is 5.40. The van der Waals surface area contributed by atoms with Crippen LogP contribution in [0.3, 0.4) is 0 Å². The Morgan fingerprint density at radius 3 is 3.00 bits per heavy atom. The van der Waals surface area contributed by atoms with Crippen LogP contribution in [0.25, 0.3) is 0 Å². The van der Waals surface area contributed by atoms with Gasteiger partial charge in [0.2, 0.25) is 0 Å². The normalized spacial score (nSPS) is 23.8. The number of hydrogen-bond donors (Lipinski definition) is 1. The van der Waals surface area contributed by atoms with E-state index in [2.05, 4.69) is 10.3 Å². The molecule has 1 aliphatic heterocycles. The molecule has 5 heteroatoms. The summed E-state index contributed by atoms with van der Waals surface area (Å²) in [5, 5.41) is 5.28. The number of methoxy groups -OCH3 is 1. The smallest absolute Gasteiger partial charge is 0.156 e. The molecule has 0 bridgehead atoms. The van der Waals surface area contributed by atoms with Crippen molar-refractivity contribution in [3.8, 4) is 0 Å². The molecule has 1 atom stereocenters. The van der Waals surface area contributed by atoms with Crippen LogP contribution in [0.5, 0.6) is 0 Å². The third-order valence-electron chi connectivity index (χ3n) is 3.00. The number of amidine groups is 1. The highest BCUT2D eigenvalue weighted by Gasteiger charge is 2.35. The monoisotopic (exact) mass is 258 g/mol. The summed E-state index contributed by atoms with van der Waals surface area (Å²) in [5.74, 6) is 0.945. The molecule has 2 rings (SSSR count). The molecular weight excluding hydrogens is 236 g/mol. The van der Waals surface area contributed by atoms with Crippen LogP contribution >= 0.6 is 11.8 Å². The van der Waals surface area contributed by atoms with Gasteiger partial charge < -0.3 is 14.8 Å². The van der Waals surface area contributed by atoms with E-state index in [1.807, 2.05) is 11.8 Å². The van der Waals surface area contributed by atoms with Crippen LogP contribution in [0.15, 0.2) is 4.99 Å². The SMILES string of the molecule is COCCOCCCNC1=NCC(C2CC2)S1. The highest BCUT2D eigenvalue weighted by atomic mass is 32.2. The first-order valence-corrected chi connectivity index (χ1v) is 7.30. The fourth-order valence-corrected chi connectivity index (χ4v) is 3.05. The van der Waals surface area contributed by atoms with Gasteiger partial charge in [0.1, 0.15) is 0 Å². The van der Waals surface area contributed by atoms with E-state index in [0.29, 0.717) is 13.2 Å². The Balaban J connectivity index is 1.43. The molecule has 4 nitrogen and oxygen atoms in total. The van der Waals surface area contributed by atoms with Crippen molar-refractivity contribution >= 4 is 16.9 Å². The molecule has 98 valence electrons. The van der Waals surface area contributed by atoms with Crippen molar-refractivity contribution < 1.29 is 9.47 Å². The largest absolute Gasteiger partial charge is 0.382 e. The van der Waals surface area contributed by atoms with Crippen molar-refractivity contribution in [2.45, 2.75) is 24.5 Å². The predicted molar refractivity (Wildman–Crippen MR) is 71.7 cm³/mol. The Morgan fingerprint density at radius 1 is 1.35 bits per heavy atom. The van der Waals surface area contributed by atoms with Gasteiger partial charge in [-0.05, 0) is 25.2 Å². The average Bonchev–Trinajstić information content (AvgIpc) is 3.09. The Morgan fingerprint density at radius 2 is 2.24 bits per heavy atom. The number of rotatable bonds is 8. The average molecular weight is 258 g/mol. The molecule has 0 radical (unpaired) electrons. The van der Waals surface area contributed by atoms with Gasteiger partial charge >= 0.3 is 0 Å². The van der Waals surface area contributed by atoms with Crippen LogP contribution < -0.4 is 5.32 Å². The first-order chi connectivity index (χ1) is 8.40. The molecule has 0 saturated heterocycles. The lowest BCUT2D eigenvalue weighted by Gasteiger charge is -2.08. The van der Waals surface area contributed by atoms with Gasteiger partial charge in [-0.25, -0.2) is 0 Å². The molecule has 1 N–H and O–H groups in total. The molecule has 1 heterocycles. The summed E-state index contributed by atoms with van der Waals surface area (Å²) in [7, 11) is 1.69. The standard InChI is InChI=1S/C12H22N2O2S/c1-15-7-8-16-6-2-5-13-12-14-9-11(17-12)10-3-4-10/h10-11H,2-9H2,1H3,(H,13,14). The Labute approximate surface area is 108 Å². The fraction of sp³-hybridized carbons (Fsp3) is 0.917. The molecule has 2 aliphatic rings. The first-order valence-electron chi connectivity index (χ1n) is 6.42. The lowest BCUT2D eigenvalue weighted by atomic mass is 10.3. The molecule has 0 aromatic carbocycles. The van der Waals surface area contributed by atoms with Gasteiger partial charge in [0.25, 0.3) is 0 Å². The zero-order valence-corrected chi connectivity index (χ0v) is 11.3. The molecule has 0 spiro atoms. The van der Waals surface area contributed by atoms with Crippen LogP contribution in [0.4, 0.5) is 0 Å². The van der Waals surface area contributed by atoms with Crippen LogP contribution in [0.2, 0.25) is 0 Å². The molecule has 0 aromatic heterocycles. The van der Waals surface area contributed by atoms with Crippen LogP contribution in [0, 0.1) is 5.92 Å². The third kappa shape index (κ3) is 4.85. The van der Waals surface area contributed by atoms with E-state index in [1.54, 1.807) is 7.11 Å². The van der Waals surface area contributed by atoms with Gasteiger partial charge in [-0.2, -0.15) is 0 Å². The Kier molecular flexibility index (Phi) is 5.61. The van der Waals surface area contributed by atoms with Gasteiger partial charge in [-0.3, -0.25) is 4.99 Å². The lowest BCUT2D eigenvalue weighted by molar-refractivity contribution is 0.0699. The highest BCUT2D eigenvalue weighted by Crippen LogP contribution is 2.41. The molecule has 1 fully saturated rings. The Hall–Kier alpha value is -0.260. The Bertz CT molecular complexity index is 257. The molecule has 0 aromatic rings. The van der Waals surface area contributed by atoms with Gasteiger partial charge in [-0.15, -0.1) is 0 Å². The number of nitrogens with one attached hydrogen (secondary N) is 1. The number of hydrogen-bond acceptors (Lipinski definition) is 5. The number of nitrogens with zero attached hydrogens (tertiary/aromatic N) is 1. The number of ether oxygens (including phenoxy) is 2. The fourth-order valence-electron chi connectivity index (χ4n) is 1.82. The van der Waals surface area contributed by atoms with E-state index in [9.17, 15) is 0 Å². The van der Waals surface area contributed by atoms with E-state index >= 15 is 0 Å². The van der Waals surface area contributed by atoms with E-state index < -0.39 is 0 Å². The summed E-state index contributed by atoms with van der Waals surface area (Å²) in [6.45, 7) is 4.13. The quantitative estimate of drug-likeness (QED) is 0.670. The first kappa shape index (κ1) is 13.2. The molecular formula is C12H22N2O2S. The van der Waals surface area contributed by atoms with Crippen LogP contribution in [0.1, 0.15) is 19.3 Å². The summed E-state index contributed by atoms with van der Waals surface area (Å²) in [4.78, 5) is 4.53. The van der Waals surface area contributed by atoms with Crippen LogP contribution in [-0.2, 0) is 9.47 Å². The van der Waals surface area contributed by atoms with E-state index in [-0.39, 0.29) is 0 Å². The minimum Gasteiger partial charge on any atom is -0.382 e. The van der Waals surface area contributed by atoms with Gasteiger partial charge in [-0.1, -0.05) is 11.8 Å². The lowest BCUT2D eigenvalue weighted by Crippen LogP contribution is -2.22. The summed E-state index contributed by atoms with van der Waals surface area (Å²) in [5.41, 5.74) is 0. The zero-order valence-electron chi connectivity index (χ0n) is 10.5. The summed E-state index contributed by atoms with van der Waals surface area (Å²) < 4.78 is 10.3. The second kappa shape index (κ2) is 7.24. The van der Waals surface area contributed by atoms with E-state index in [4.69, 9.17) is 9.47 Å². The summed E-state index contributed by atoms with van der Waals surface area (Å²) >= 11 is 1.93. The van der Waals surface area contributed by atoms with Gasteiger partial charge in [0.15, 0.2) is 5.17 Å². The molecule has 1 aliphatic carbocycles. The van der Waals surface area contributed by atoms with Crippen molar-refractivity contribution in [1.29, 1.82) is 0 Å². The van der Waals surface area contributed by atoms with Crippen LogP contribution in [-0.4, -0.2) is 50.4 Å². The van der Waals surface area contributed by atoms with Crippen molar-refractivity contribution in [2.75, 3.05) is 40.0 Å². The molecule has 1 unspecified atom stereocenters.